The predicted molar refractivity (Wildman–Crippen MR) is 67.1 cm³/mol. The van der Waals surface area contributed by atoms with Gasteiger partial charge in [-0.25, -0.2) is 0 Å². The molecular weight excluding hydrogens is 232 g/mol. The molecule has 0 aliphatic heterocycles. The Balaban J connectivity index is 2.08. The molecule has 1 unspecified atom stereocenters. The largest absolute Gasteiger partial charge is 0.388 e. The molecule has 0 fully saturated rings. The summed E-state index contributed by atoms with van der Waals surface area (Å²) >= 11 is 0. The van der Waals surface area contributed by atoms with Gasteiger partial charge in [0.05, 0.1) is 5.60 Å². The second-order valence-corrected chi connectivity index (χ2v) is 4.56. The van der Waals surface area contributed by atoms with Crippen LogP contribution in [0.3, 0.4) is 0 Å². The van der Waals surface area contributed by atoms with Crippen LogP contribution in [0, 0.1) is 0 Å². The van der Waals surface area contributed by atoms with E-state index in [9.17, 15) is 9.90 Å². The highest BCUT2D eigenvalue weighted by molar-refractivity contribution is 5.97. The lowest BCUT2D eigenvalue weighted by Crippen LogP contribution is -2.40. The topological polar surface area (TPSA) is 90.9 Å². The first kappa shape index (κ1) is 12.5. The van der Waals surface area contributed by atoms with E-state index in [4.69, 9.17) is 0 Å². The van der Waals surface area contributed by atoms with Gasteiger partial charge in [-0.15, -0.1) is 0 Å². The standard InChI is InChI=1S/C12H16N4O2/c1-3-12(2,18)7-13-11(17)8-4-5-9-10(6-8)15-16-14-9/h4-6,18H,3,7H2,1-2H3,(H,13,17)(H,14,15,16). The number of aliphatic hydroxyl groups is 1. The summed E-state index contributed by atoms with van der Waals surface area (Å²) in [6, 6.07) is 5.07. The van der Waals surface area contributed by atoms with Crippen molar-refractivity contribution in [3.63, 3.8) is 0 Å². The number of aromatic nitrogens is 3. The van der Waals surface area contributed by atoms with Crippen LogP contribution in [-0.2, 0) is 0 Å². The molecule has 6 nitrogen and oxygen atoms in total. The molecule has 1 aromatic carbocycles. The summed E-state index contributed by atoms with van der Waals surface area (Å²) in [5.41, 5.74) is 0.980. The quantitative estimate of drug-likeness (QED) is 0.748. The van der Waals surface area contributed by atoms with Crippen LogP contribution in [0.2, 0.25) is 0 Å². The monoisotopic (exact) mass is 248 g/mol. The highest BCUT2D eigenvalue weighted by Gasteiger charge is 2.19. The molecule has 0 saturated heterocycles. The minimum Gasteiger partial charge on any atom is -0.388 e. The van der Waals surface area contributed by atoms with Crippen LogP contribution >= 0.6 is 0 Å². The number of carbonyl (C=O) groups excluding carboxylic acids is 1. The van der Waals surface area contributed by atoms with Gasteiger partial charge < -0.3 is 10.4 Å². The second-order valence-electron chi connectivity index (χ2n) is 4.56. The SMILES string of the molecule is CCC(C)(O)CNC(=O)c1ccc2n[nH]nc2c1. The maximum Gasteiger partial charge on any atom is 0.251 e. The molecule has 1 heterocycles. The molecule has 1 aromatic heterocycles. The van der Waals surface area contributed by atoms with Gasteiger partial charge in [-0.2, -0.15) is 15.4 Å². The van der Waals surface area contributed by atoms with Crippen molar-refractivity contribution < 1.29 is 9.90 Å². The van der Waals surface area contributed by atoms with E-state index in [2.05, 4.69) is 20.7 Å². The van der Waals surface area contributed by atoms with Gasteiger partial charge in [-0.3, -0.25) is 4.79 Å². The number of rotatable bonds is 4. The summed E-state index contributed by atoms with van der Waals surface area (Å²) in [6.07, 6.45) is 0.579. The Bertz CT molecular complexity index is 562. The van der Waals surface area contributed by atoms with Crippen molar-refractivity contribution in [1.82, 2.24) is 20.7 Å². The third-order valence-corrected chi connectivity index (χ3v) is 2.97. The lowest BCUT2D eigenvalue weighted by Gasteiger charge is -2.21. The lowest BCUT2D eigenvalue weighted by molar-refractivity contribution is 0.0518. The van der Waals surface area contributed by atoms with Crippen LogP contribution in [0.5, 0.6) is 0 Å². The molecule has 0 spiro atoms. The van der Waals surface area contributed by atoms with Crippen LogP contribution in [0.25, 0.3) is 11.0 Å². The third kappa shape index (κ3) is 2.65. The molecule has 2 aromatic rings. The number of hydrogen-bond acceptors (Lipinski definition) is 4. The molecule has 0 bridgehead atoms. The van der Waals surface area contributed by atoms with Gasteiger partial charge in [0, 0.05) is 12.1 Å². The zero-order valence-corrected chi connectivity index (χ0v) is 10.4. The molecule has 1 amide bonds. The minimum atomic E-state index is -0.881. The lowest BCUT2D eigenvalue weighted by atomic mass is 10.0. The first-order valence-corrected chi connectivity index (χ1v) is 5.83. The molecule has 3 N–H and O–H groups in total. The van der Waals surface area contributed by atoms with E-state index in [1.54, 1.807) is 25.1 Å². The molecule has 0 aliphatic carbocycles. The summed E-state index contributed by atoms with van der Waals surface area (Å²) in [4.78, 5) is 11.9. The number of carbonyl (C=O) groups is 1. The van der Waals surface area contributed by atoms with E-state index in [1.165, 1.54) is 0 Å². The van der Waals surface area contributed by atoms with Crippen molar-refractivity contribution in [2.75, 3.05) is 6.54 Å². The van der Waals surface area contributed by atoms with Crippen molar-refractivity contribution >= 4 is 16.9 Å². The first-order chi connectivity index (χ1) is 8.52. The van der Waals surface area contributed by atoms with Crippen LogP contribution in [0.4, 0.5) is 0 Å². The Morgan fingerprint density at radius 3 is 2.89 bits per heavy atom. The number of nitrogens with zero attached hydrogens (tertiary/aromatic N) is 2. The predicted octanol–water partition coefficient (Wildman–Crippen LogP) is 0.849. The van der Waals surface area contributed by atoms with E-state index in [1.807, 2.05) is 6.92 Å². The fourth-order valence-electron chi connectivity index (χ4n) is 1.48. The van der Waals surface area contributed by atoms with Gasteiger partial charge in [0.15, 0.2) is 0 Å². The average molecular weight is 248 g/mol. The van der Waals surface area contributed by atoms with Gasteiger partial charge in [0.25, 0.3) is 5.91 Å². The Hall–Kier alpha value is -1.95. The summed E-state index contributed by atoms with van der Waals surface area (Å²) < 4.78 is 0. The molecule has 0 saturated carbocycles. The molecule has 1 atom stereocenters. The highest BCUT2D eigenvalue weighted by atomic mass is 16.3. The number of benzene rings is 1. The van der Waals surface area contributed by atoms with Crippen molar-refractivity contribution in [2.24, 2.45) is 0 Å². The highest BCUT2D eigenvalue weighted by Crippen LogP contribution is 2.11. The maximum atomic E-state index is 11.9. The van der Waals surface area contributed by atoms with Crippen molar-refractivity contribution in [3.05, 3.63) is 23.8 Å². The number of H-pyrrole nitrogens is 1. The average Bonchev–Trinajstić information content (AvgIpc) is 2.83. The number of fused-ring (bicyclic) bond motifs is 1. The zero-order chi connectivity index (χ0) is 13.2. The number of nitrogens with one attached hydrogen (secondary N) is 2. The van der Waals surface area contributed by atoms with E-state index in [0.29, 0.717) is 23.0 Å². The van der Waals surface area contributed by atoms with E-state index in [0.717, 1.165) is 0 Å². The van der Waals surface area contributed by atoms with Crippen LogP contribution in [-0.4, -0.2) is 38.6 Å². The first-order valence-electron chi connectivity index (χ1n) is 5.83. The molecule has 0 aliphatic rings. The molecule has 6 heteroatoms. The van der Waals surface area contributed by atoms with E-state index < -0.39 is 5.60 Å². The van der Waals surface area contributed by atoms with Crippen LogP contribution < -0.4 is 5.32 Å². The van der Waals surface area contributed by atoms with Crippen molar-refractivity contribution in [1.29, 1.82) is 0 Å². The minimum absolute atomic E-state index is 0.221. The molecule has 2 rings (SSSR count). The number of aromatic amines is 1. The Morgan fingerprint density at radius 1 is 1.44 bits per heavy atom. The number of hydrogen-bond donors (Lipinski definition) is 3. The van der Waals surface area contributed by atoms with E-state index >= 15 is 0 Å². The summed E-state index contributed by atoms with van der Waals surface area (Å²) in [7, 11) is 0. The molecular formula is C12H16N4O2. The smallest absolute Gasteiger partial charge is 0.251 e. The maximum absolute atomic E-state index is 11.9. The van der Waals surface area contributed by atoms with Crippen molar-refractivity contribution in [3.8, 4) is 0 Å². The molecule has 18 heavy (non-hydrogen) atoms. The van der Waals surface area contributed by atoms with Crippen LogP contribution in [0.15, 0.2) is 18.2 Å². The van der Waals surface area contributed by atoms with Crippen LogP contribution in [0.1, 0.15) is 30.6 Å². The van der Waals surface area contributed by atoms with Crippen molar-refractivity contribution in [2.45, 2.75) is 25.9 Å². The Kier molecular flexibility index (Phi) is 3.29. The van der Waals surface area contributed by atoms with Gasteiger partial charge >= 0.3 is 0 Å². The summed E-state index contributed by atoms with van der Waals surface area (Å²) in [5, 5.41) is 22.8. The number of amides is 1. The second kappa shape index (κ2) is 4.73. The van der Waals surface area contributed by atoms with E-state index in [-0.39, 0.29) is 12.5 Å². The molecule has 0 radical (unpaired) electrons. The van der Waals surface area contributed by atoms with Gasteiger partial charge in [-0.1, -0.05) is 6.92 Å². The third-order valence-electron chi connectivity index (χ3n) is 2.97. The summed E-state index contributed by atoms with van der Waals surface area (Å²) in [5.74, 6) is -0.228. The fourth-order valence-corrected chi connectivity index (χ4v) is 1.48. The fraction of sp³-hybridized carbons (Fsp3) is 0.417. The normalized spacial score (nSPS) is 14.4. The Labute approximate surface area is 104 Å². The van der Waals surface area contributed by atoms with Gasteiger partial charge in [-0.05, 0) is 31.5 Å². The summed E-state index contributed by atoms with van der Waals surface area (Å²) in [6.45, 7) is 3.78. The van der Waals surface area contributed by atoms with Gasteiger partial charge in [0.1, 0.15) is 11.0 Å². The molecule has 96 valence electrons. The Morgan fingerprint density at radius 2 is 2.17 bits per heavy atom. The zero-order valence-electron chi connectivity index (χ0n) is 10.4. The van der Waals surface area contributed by atoms with Gasteiger partial charge in [0.2, 0.25) is 0 Å².